The van der Waals surface area contributed by atoms with Gasteiger partial charge in [-0.3, -0.25) is 9.52 Å². The van der Waals surface area contributed by atoms with Crippen molar-refractivity contribution in [3.05, 3.63) is 83.4 Å². The highest BCUT2D eigenvalue weighted by Crippen LogP contribution is 2.32. The molecule has 0 saturated heterocycles. The molecule has 0 aliphatic carbocycles. The highest BCUT2D eigenvalue weighted by molar-refractivity contribution is 7.92. The van der Waals surface area contributed by atoms with Crippen molar-refractivity contribution in [2.75, 3.05) is 4.72 Å². The summed E-state index contributed by atoms with van der Waals surface area (Å²) >= 11 is 0. The van der Waals surface area contributed by atoms with Crippen LogP contribution in [-0.4, -0.2) is 36.3 Å². The molecule has 35 heavy (non-hydrogen) atoms. The Morgan fingerprint density at radius 1 is 1.03 bits per heavy atom. The Morgan fingerprint density at radius 2 is 1.66 bits per heavy atom. The van der Waals surface area contributed by atoms with Gasteiger partial charge in [0.05, 0.1) is 16.5 Å². The minimum absolute atomic E-state index is 0.0447. The number of nitriles is 1. The summed E-state index contributed by atoms with van der Waals surface area (Å²) in [5.74, 6) is -1.57. The van der Waals surface area contributed by atoms with Crippen LogP contribution in [0.5, 0.6) is 0 Å². The minimum atomic E-state index is -3.82. The third-order valence-electron chi connectivity index (χ3n) is 5.93. The Kier molecular flexibility index (Phi) is 6.33. The standard InChI is InChI=1S/C26H23N3O5S/c1-16(2)24(26(31)32)29-15-20-6-5-19(13-23(20)25(29)30)18-7-9-21(10-8-18)28-35(33,34)22-11-3-17(14-27)4-12-22/h3-13,16,24,28H,15H2,1-2H3,(H,31,32)/t24-/m0/s1. The lowest BCUT2D eigenvalue weighted by atomic mass is 10.0. The number of benzene rings is 3. The third kappa shape index (κ3) is 4.74. The summed E-state index contributed by atoms with van der Waals surface area (Å²) in [6.45, 7) is 3.80. The lowest BCUT2D eigenvalue weighted by Crippen LogP contribution is -2.44. The molecule has 2 N–H and O–H groups in total. The van der Waals surface area contributed by atoms with Crippen molar-refractivity contribution in [2.45, 2.75) is 31.3 Å². The van der Waals surface area contributed by atoms with Crippen molar-refractivity contribution in [2.24, 2.45) is 5.92 Å². The predicted octanol–water partition coefficient (Wildman–Crippen LogP) is 4.09. The van der Waals surface area contributed by atoms with Gasteiger partial charge >= 0.3 is 5.97 Å². The molecule has 0 saturated carbocycles. The molecule has 3 aromatic carbocycles. The fourth-order valence-electron chi connectivity index (χ4n) is 4.16. The monoisotopic (exact) mass is 489 g/mol. The molecular formula is C26H23N3O5S. The molecule has 1 amide bonds. The summed E-state index contributed by atoms with van der Waals surface area (Å²) in [6, 6.07) is 18.8. The van der Waals surface area contributed by atoms with E-state index in [4.69, 9.17) is 5.26 Å². The maximum atomic E-state index is 13.0. The topological polar surface area (TPSA) is 128 Å². The first-order chi connectivity index (χ1) is 16.6. The molecule has 4 rings (SSSR count). The number of carbonyl (C=O) groups excluding carboxylic acids is 1. The maximum absolute atomic E-state index is 13.0. The van der Waals surface area contributed by atoms with Crippen LogP contribution in [-0.2, 0) is 21.4 Å². The van der Waals surface area contributed by atoms with Crippen LogP contribution in [0.15, 0.2) is 71.6 Å². The number of carboxylic acid groups (broad SMARTS) is 1. The summed E-state index contributed by atoms with van der Waals surface area (Å²) in [7, 11) is -3.82. The van der Waals surface area contributed by atoms with Crippen molar-refractivity contribution in [1.82, 2.24) is 4.90 Å². The van der Waals surface area contributed by atoms with E-state index < -0.39 is 22.0 Å². The Labute approximate surface area is 203 Å². The Balaban J connectivity index is 1.54. The molecule has 0 unspecified atom stereocenters. The number of amides is 1. The van der Waals surface area contributed by atoms with E-state index >= 15 is 0 Å². The summed E-state index contributed by atoms with van der Waals surface area (Å²) in [5, 5.41) is 18.5. The van der Waals surface area contributed by atoms with Gasteiger partial charge in [-0.05, 0) is 65.1 Å². The zero-order valence-corrected chi connectivity index (χ0v) is 19.9. The van der Waals surface area contributed by atoms with Crippen molar-refractivity contribution < 1.29 is 23.1 Å². The highest BCUT2D eigenvalue weighted by Gasteiger charge is 2.38. The van der Waals surface area contributed by atoms with E-state index in [0.717, 1.165) is 16.7 Å². The summed E-state index contributed by atoms with van der Waals surface area (Å²) in [4.78, 5) is 26.1. The molecule has 1 aliphatic heterocycles. The molecule has 178 valence electrons. The van der Waals surface area contributed by atoms with E-state index in [1.807, 2.05) is 18.2 Å². The number of sulfonamides is 1. The number of anilines is 1. The number of aliphatic carboxylic acids is 1. The van der Waals surface area contributed by atoms with E-state index in [2.05, 4.69) is 4.72 Å². The largest absolute Gasteiger partial charge is 0.480 e. The molecule has 0 radical (unpaired) electrons. The molecule has 8 nitrogen and oxygen atoms in total. The van der Waals surface area contributed by atoms with E-state index in [0.29, 0.717) is 16.8 Å². The molecule has 0 bridgehead atoms. The normalized spacial score (nSPS) is 13.9. The summed E-state index contributed by atoms with van der Waals surface area (Å²) in [6.07, 6.45) is 0. The van der Waals surface area contributed by atoms with Crippen LogP contribution >= 0.6 is 0 Å². The van der Waals surface area contributed by atoms with Crippen LogP contribution < -0.4 is 4.72 Å². The second kappa shape index (κ2) is 9.24. The highest BCUT2D eigenvalue weighted by atomic mass is 32.2. The number of rotatable bonds is 7. The average Bonchev–Trinajstić information content (AvgIpc) is 3.14. The molecule has 0 aromatic heterocycles. The number of carbonyl (C=O) groups is 2. The van der Waals surface area contributed by atoms with Gasteiger partial charge < -0.3 is 10.0 Å². The Hall–Kier alpha value is -4.16. The van der Waals surface area contributed by atoms with Gasteiger partial charge in [-0.25, -0.2) is 13.2 Å². The zero-order valence-electron chi connectivity index (χ0n) is 19.1. The number of fused-ring (bicyclic) bond motifs is 1. The zero-order chi connectivity index (χ0) is 25.3. The van der Waals surface area contributed by atoms with Crippen molar-refractivity contribution in [1.29, 1.82) is 5.26 Å². The maximum Gasteiger partial charge on any atom is 0.326 e. The van der Waals surface area contributed by atoms with Gasteiger partial charge in [-0.15, -0.1) is 0 Å². The van der Waals surface area contributed by atoms with Crippen LogP contribution in [0, 0.1) is 17.2 Å². The van der Waals surface area contributed by atoms with E-state index in [1.54, 1.807) is 44.2 Å². The van der Waals surface area contributed by atoms with Gasteiger partial charge in [0.1, 0.15) is 6.04 Å². The van der Waals surface area contributed by atoms with Gasteiger partial charge in [-0.1, -0.05) is 38.1 Å². The molecule has 9 heteroatoms. The minimum Gasteiger partial charge on any atom is -0.480 e. The van der Waals surface area contributed by atoms with E-state index in [-0.39, 0.29) is 23.3 Å². The second-order valence-electron chi connectivity index (χ2n) is 8.65. The smallest absolute Gasteiger partial charge is 0.326 e. The van der Waals surface area contributed by atoms with Crippen LogP contribution in [0.1, 0.15) is 35.3 Å². The lowest BCUT2D eigenvalue weighted by molar-refractivity contribution is -0.144. The third-order valence-corrected chi connectivity index (χ3v) is 7.32. The fraction of sp³-hybridized carbons (Fsp3) is 0.192. The van der Waals surface area contributed by atoms with E-state index in [9.17, 15) is 23.1 Å². The summed E-state index contributed by atoms with van der Waals surface area (Å²) < 4.78 is 27.8. The first-order valence-corrected chi connectivity index (χ1v) is 12.4. The first-order valence-electron chi connectivity index (χ1n) is 10.9. The van der Waals surface area contributed by atoms with Crippen molar-refractivity contribution in [3.63, 3.8) is 0 Å². The number of hydrogen-bond acceptors (Lipinski definition) is 5. The quantitative estimate of drug-likeness (QED) is 0.515. The van der Waals surface area contributed by atoms with Crippen LogP contribution in [0.4, 0.5) is 5.69 Å². The first kappa shape index (κ1) is 24.0. The molecule has 0 spiro atoms. The van der Waals surface area contributed by atoms with Crippen LogP contribution in [0.3, 0.4) is 0 Å². The SMILES string of the molecule is CC(C)[C@@H](C(=O)O)N1Cc2ccc(-c3ccc(NS(=O)(=O)c4ccc(C#N)cc4)cc3)cc2C1=O. The fourth-order valence-corrected chi connectivity index (χ4v) is 5.22. The molecule has 1 heterocycles. The Bertz CT molecular complexity index is 1440. The van der Waals surface area contributed by atoms with Crippen molar-refractivity contribution >= 4 is 27.6 Å². The van der Waals surface area contributed by atoms with Gasteiger partial charge in [0.15, 0.2) is 0 Å². The summed E-state index contributed by atoms with van der Waals surface area (Å²) in [5.41, 5.74) is 3.52. The van der Waals surface area contributed by atoms with Crippen molar-refractivity contribution in [3.8, 4) is 17.2 Å². The number of carboxylic acids is 1. The molecule has 3 aromatic rings. The Morgan fingerprint density at radius 3 is 2.23 bits per heavy atom. The van der Waals surface area contributed by atoms with Crippen LogP contribution in [0.2, 0.25) is 0 Å². The number of nitrogens with zero attached hydrogens (tertiary/aromatic N) is 2. The lowest BCUT2D eigenvalue weighted by Gasteiger charge is -2.27. The molecular weight excluding hydrogens is 466 g/mol. The molecule has 1 atom stereocenters. The number of hydrogen-bond donors (Lipinski definition) is 2. The molecule has 0 fully saturated rings. The van der Waals surface area contributed by atoms with Gasteiger partial charge in [0.2, 0.25) is 0 Å². The average molecular weight is 490 g/mol. The van der Waals surface area contributed by atoms with Gasteiger partial charge in [-0.2, -0.15) is 5.26 Å². The number of nitrogens with one attached hydrogen (secondary N) is 1. The molecule has 1 aliphatic rings. The van der Waals surface area contributed by atoms with E-state index in [1.165, 1.54) is 29.2 Å². The predicted molar refractivity (Wildman–Crippen MR) is 130 cm³/mol. The van der Waals surface area contributed by atoms with Gasteiger partial charge in [0.25, 0.3) is 15.9 Å². The van der Waals surface area contributed by atoms with Crippen LogP contribution in [0.25, 0.3) is 11.1 Å². The van der Waals surface area contributed by atoms with Gasteiger partial charge in [0, 0.05) is 17.8 Å². The second-order valence-corrected chi connectivity index (χ2v) is 10.3.